The molecule has 6 nitrogen and oxygen atoms in total. The summed E-state index contributed by atoms with van der Waals surface area (Å²) in [5.41, 5.74) is 1.69. The fraction of sp³-hybridized carbons (Fsp3) is 0.353. The second-order valence-electron chi connectivity index (χ2n) is 5.28. The first-order valence-corrected chi connectivity index (χ1v) is 8.53. The first kappa shape index (κ1) is 17.9. The number of hydrogen-bond donors (Lipinski definition) is 2. The van der Waals surface area contributed by atoms with Gasteiger partial charge in [0.25, 0.3) is 0 Å². The van der Waals surface area contributed by atoms with E-state index in [4.69, 9.17) is 9.84 Å². The normalized spacial score (nSPS) is 10.4. The third kappa shape index (κ3) is 5.06. The Morgan fingerprint density at radius 2 is 2.00 bits per heavy atom. The van der Waals surface area contributed by atoms with E-state index in [9.17, 15) is 9.59 Å². The van der Waals surface area contributed by atoms with Crippen LogP contribution in [0.1, 0.15) is 31.1 Å². The summed E-state index contributed by atoms with van der Waals surface area (Å²) in [7, 11) is 0. The number of carboxylic acids is 1. The molecule has 0 spiro atoms. The number of rotatable bonds is 8. The van der Waals surface area contributed by atoms with Crippen LogP contribution in [0.2, 0.25) is 0 Å². The van der Waals surface area contributed by atoms with Gasteiger partial charge in [-0.15, -0.1) is 11.3 Å². The van der Waals surface area contributed by atoms with Gasteiger partial charge in [-0.3, -0.25) is 4.79 Å². The van der Waals surface area contributed by atoms with E-state index in [2.05, 4.69) is 10.3 Å². The molecular formula is C17H20N2O4S. The van der Waals surface area contributed by atoms with Gasteiger partial charge in [0.1, 0.15) is 5.75 Å². The molecule has 1 aromatic heterocycles. The number of aryl methyl sites for hydroxylation is 1. The van der Waals surface area contributed by atoms with Crippen molar-refractivity contribution in [2.45, 2.75) is 33.1 Å². The molecule has 0 radical (unpaired) electrons. The van der Waals surface area contributed by atoms with Crippen LogP contribution in [-0.4, -0.2) is 28.6 Å². The second kappa shape index (κ2) is 8.44. The van der Waals surface area contributed by atoms with Crippen molar-refractivity contribution in [3.05, 3.63) is 29.1 Å². The zero-order chi connectivity index (χ0) is 17.5. The van der Waals surface area contributed by atoms with E-state index in [1.807, 2.05) is 26.0 Å². The number of nitrogens with one attached hydrogen (secondary N) is 1. The minimum atomic E-state index is -1.02. The summed E-state index contributed by atoms with van der Waals surface area (Å²) < 4.78 is 5.11. The topological polar surface area (TPSA) is 88.5 Å². The van der Waals surface area contributed by atoms with Crippen molar-refractivity contribution in [1.29, 1.82) is 0 Å². The van der Waals surface area contributed by atoms with Crippen LogP contribution >= 0.6 is 11.3 Å². The molecule has 2 N–H and O–H groups in total. The molecule has 24 heavy (non-hydrogen) atoms. The summed E-state index contributed by atoms with van der Waals surface area (Å²) in [5.74, 6) is -0.547. The van der Waals surface area contributed by atoms with Gasteiger partial charge >= 0.3 is 5.97 Å². The van der Waals surface area contributed by atoms with Crippen LogP contribution < -0.4 is 10.1 Å². The molecule has 0 saturated carbocycles. The fourth-order valence-electron chi connectivity index (χ4n) is 2.09. The van der Waals surface area contributed by atoms with Crippen molar-refractivity contribution in [2.24, 2.45) is 0 Å². The molecule has 0 aliphatic rings. The van der Waals surface area contributed by atoms with E-state index >= 15 is 0 Å². The number of unbranched alkanes of at least 4 members (excludes halogenated alkanes) is 1. The maximum Gasteiger partial charge on any atom is 0.341 e. The van der Waals surface area contributed by atoms with Crippen molar-refractivity contribution in [3.63, 3.8) is 0 Å². The number of carbonyl (C=O) groups excluding carboxylic acids is 1. The molecule has 1 aromatic carbocycles. The predicted octanol–water partition coefficient (Wildman–Crippen LogP) is 3.71. The fourth-order valence-corrected chi connectivity index (χ4v) is 2.94. The van der Waals surface area contributed by atoms with Gasteiger partial charge in [0.15, 0.2) is 11.7 Å². The van der Waals surface area contributed by atoms with E-state index in [1.165, 1.54) is 11.3 Å². The number of aliphatic carboxylic acids is 1. The van der Waals surface area contributed by atoms with Gasteiger partial charge < -0.3 is 15.2 Å². The van der Waals surface area contributed by atoms with Gasteiger partial charge in [0.2, 0.25) is 5.91 Å². The summed E-state index contributed by atoms with van der Waals surface area (Å²) in [4.78, 5) is 27.8. The van der Waals surface area contributed by atoms with Crippen LogP contribution in [-0.2, 0) is 9.59 Å². The molecule has 2 aromatic rings. The van der Waals surface area contributed by atoms with Crippen molar-refractivity contribution >= 4 is 28.3 Å². The third-order valence-electron chi connectivity index (χ3n) is 3.29. The minimum absolute atomic E-state index is 0.0189. The number of anilines is 1. The Kier molecular flexibility index (Phi) is 6.31. The molecule has 0 unspecified atom stereocenters. The van der Waals surface area contributed by atoms with E-state index in [1.54, 1.807) is 12.1 Å². The molecule has 0 aliphatic heterocycles. The number of thiazole rings is 1. The zero-order valence-corrected chi connectivity index (χ0v) is 14.5. The number of nitrogens with zero attached hydrogens (tertiary/aromatic N) is 1. The molecule has 1 heterocycles. The van der Waals surface area contributed by atoms with Crippen LogP contribution in [0.5, 0.6) is 5.75 Å². The van der Waals surface area contributed by atoms with Gasteiger partial charge in [0.05, 0.1) is 5.69 Å². The van der Waals surface area contributed by atoms with E-state index < -0.39 is 5.97 Å². The number of hydrogen-bond acceptors (Lipinski definition) is 5. The molecule has 0 atom stereocenters. The largest absolute Gasteiger partial charge is 0.482 e. The van der Waals surface area contributed by atoms with Gasteiger partial charge in [0, 0.05) is 16.9 Å². The lowest BCUT2D eigenvalue weighted by Gasteiger charge is -2.04. The zero-order valence-electron chi connectivity index (χ0n) is 13.7. The van der Waals surface area contributed by atoms with Gasteiger partial charge in [-0.2, -0.15) is 0 Å². The number of benzene rings is 1. The molecule has 7 heteroatoms. The smallest absolute Gasteiger partial charge is 0.341 e. The maximum absolute atomic E-state index is 11.8. The Balaban J connectivity index is 2.06. The lowest BCUT2D eigenvalue weighted by atomic mass is 10.1. The lowest BCUT2D eigenvalue weighted by molar-refractivity contribution is -0.139. The van der Waals surface area contributed by atoms with Crippen LogP contribution in [0.25, 0.3) is 11.3 Å². The SMILES string of the molecule is CCCCC(=O)Nc1nc(-c2ccc(OCC(=O)O)cc2)c(C)s1. The summed E-state index contributed by atoms with van der Waals surface area (Å²) in [6, 6.07) is 7.05. The monoisotopic (exact) mass is 348 g/mol. The van der Waals surface area contributed by atoms with E-state index in [0.29, 0.717) is 17.3 Å². The number of ether oxygens (including phenoxy) is 1. The first-order valence-electron chi connectivity index (χ1n) is 7.72. The highest BCUT2D eigenvalue weighted by Crippen LogP contribution is 2.31. The summed E-state index contributed by atoms with van der Waals surface area (Å²) >= 11 is 1.44. The van der Waals surface area contributed by atoms with Gasteiger partial charge in [-0.25, -0.2) is 9.78 Å². The predicted molar refractivity (Wildman–Crippen MR) is 93.6 cm³/mol. The number of carbonyl (C=O) groups is 2. The van der Waals surface area contributed by atoms with Crippen LogP contribution in [0.15, 0.2) is 24.3 Å². The Hall–Kier alpha value is -2.41. The lowest BCUT2D eigenvalue weighted by Crippen LogP contribution is -2.10. The highest BCUT2D eigenvalue weighted by atomic mass is 32.1. The highest BCUT2D eigenvalue weighted by molar-refractivity contribution is 7.16. The molecule has 2 rings (SSSR count). The van der Waals surface area contributed by atoms with Crippen molar-refractivity contribution in [3.8, 4) is 17.0 Å². The van der Waals surface area contributed by atoms with Crippen molar-refractivity contribution in [2.75, 3.05) is 11.9 Å². The second-order valence-corrected chi connectivity index (χ2v) is 6.49. The molecular weight excluding hydrogens is 328 g/mol. The van der Waals surface area contributed by atoms with E-state index in [0.717, 1.165) is 29.0 Å². The minimum Gasteiger partial charge on any atom is -0.482 e. The molecule has 0 fully saturated rings. The van der Waals surface area contributed by atoms with Crippen LogP contribution in [0, 0.1) is 6.92 Å². The molecule has 1 amide bonds. The van der Waals surface area contributed by atoms with Crippen LogP contribution in [0.3, 0.4) is 0 Å². The molecule has 0 bridgehead atoms. The summed E-state index contributed by atoms with van der Waals surface area (Å²) in [6.07, 6.45) is 2.34. The average Bonchev–Trinajstić information content (AvgIpc) is 2.91. The Labute approximate surface area is 144 Å². The number of amides is 1. The molecule has 0 saturated heterocycles. The third-order valence-corrected chi connectivity index (χ3v) is 4.18. The Bertz CT molecular complexity index is 710. The average molecular weight is 348 g/mol. The highest BCUT2D eigenvalue weighted by Gasteiger charge is 2.12. The first-order chi connectivity index (χ1) is 11.5. The summed E-state index contributed by atoms with van der Waals surface area (Å²) in [5, 5.41) is 12.0. The quantitative estimate of drug-likeness (QED) is 0.759. The molecule has 128 valence electrons. The van der Waals surface area contributed by atoms with Gasteiger partial charge in [-0.05, 0) is 37.6 Å². The summed E-state index contributed by atoms with van der Waals surface area (Å²) in [6.45, 7) is 3.62. The van der Waals surface area contributed by atoms with Crippen molar-refractivity contribution < 1.29 is 19.4 Å². The Morgan fingerprint density at radius 3 is 2.62 bits per heavy atom. The van der Waals surface area contributed by atoms with Crippen molar-refractivity contribution in [1.82, 2.24) is 4.98 Å². The maximum atomic E-state index is 11.8. The standard InChI is InChI=1S/C17H20N2O4S/c1-3-4-5-14(20)18-17-19-16(11(2)24-17)12-6-8-13(9-7-12)23-10-15(21)22/h6-9H,3-5,10H2,1-2H3,(H,21,22)(H,18,19,20). The van der Waals surface area contributed by atoms with Crippen LogP contribution in [0.4, 0.5) is 5.13 Å². The number of aromatic nitrogens is 1. The molecule has 0 aliphatic carbocycles. The van der Waals surface area contributed by atoms with Gasteiger partial charge in [-0.1, -0.05) is 13.3 Å². The Morgan fingerprint density at radius 1 is 1.29 bits per heavy atom. The van der Waals surface area contributed by atoms with E-state index in [-0.39, 0.29) is 12.5 Å². The number of carboxylic acid groups (broad SMARTS) is 1.